The minimum atomic E-state index is 0. The third kappa shape index (κ3) is 10.5. The maximum absolute atomic E-state index is 4.76. The molecule has 0 amide bonds. The quantitative estimate of drug-likeness (QED) is 0.583. The normalized spacial score (nSPS) is 4.50. The molecule has 0 unspecified atom stereocenters. The number of halogens is 2. The van der Waals surface area contributed by atoms with Gasteiger partial charge in [-0.05, 0) is 0 Å². The van der Waals surface area contributed by atoms with E-state index < -0.39 is 0 Å². The fraction of sp³-hybridized carbons (Fsp3) is 1.00. The van der Waals surface area contributed by atoms with Crippen molar-refractivity contribution in [3.8, 4) is 0 Å². The zero-order valence-electron chi connectivity index (χ0n) is 1.87. The van der Waals surface area contributed by atoms with Crippen molar-refractivity contribution in [1.82, 2.24) is 0 Å². The third-order valence-electron chi connectivity index (χ3n) is 0. The van der Waals surface area contributed by atoms with Crippen molar-refractivity contribution in [2.45, 2.75) is 0 Å². The predicted octanol–water partition coefficient (Wildman–Crippen LogP) is 1.42. The molecule has 3 heteroatoms. The smallest absolute Gasteiger partial charge is 0.0967 e. The maximum atomic E-state index is 4.76. The number of rotatable bonds is 0. The van der Waals surface area contributed by atoms with Crippen LogP contribution in [0.1, 0.15) is 0 Å². The molecule has 0 N–H and O–H groups in total. The number of hydrogen-bond donors (Lipinski definition) is 0. The molecule has 0 bridgehead atoms. The monoisotopic (exact) mass is 268 g/mol. The van der Waals surface area contributed by atoms with Gasteiger partial charge >= 0.3 is 0 Å². The molecule has 0 heterocycles. The van der Waals surface area contributed by atoms with Gasteiger partial charge < -0.3 is 0 Å². The van der Waals surface area contributed by atoms with Crippen molar-refractivity contribution in [2.24, 2.45) is 0 Å². The summed E-state index contributed by atoms with van der Waals surface area (Å²) >= 11 is 9.53. The first-order valence-electron chi connectivity index (χ1n) is 0.535. The zero-order chi connectivity index (χ0) is 2.71. The first-order valence-corrected chi connectivity index (χ1v) is 1.60. The second kappa shape index (κ2) is 8.86. The van der Waals surface area contributed by atoms with Gasteiger partial charge in [-0.25, -0.2) is 0 Å². The molecule has 0 aliphatic carbocycles. The molecule has 0 aromatic carbocycles. The average Bonchev–Trinajstić information content (AvgIpc) is 0.918. The number of alkyl halides is 2. The van der Waals surface area contributed by atoms with Gasteiger partial charge in [-0.1, -0.05) is 0 Å². The SMILES string of the molecule is ClCCl.[W]. The van der Waals surface area contributed by atoms with Gasteiger partial charge in [0.2, 0.25) is 0 Å². The Balaban J connectivity index is 0. The van der Waals surface area contributed by atoms with Crippen LogP contribution in [-0.2, 0) is 21.1 Å². The van der Waals surface area contributed by atoms with Crippen molar-refractivity contribution in [3.05, 3.63) is 0 Å². The molecule has 0 spiro atoms. The van der Waals surface area contributed by atoms with E-state index in [0.717, 1.165) is 0 Å². The molecular formula is CH2Cl2W. The van der Waals surface area contributed by atoms with Gasteiger partial charge in [-0.3, -0.25) is 0 Å². The van der Waals surface area contributed by atoms with Gasteiger partial charge in [0.1, 0.15) is 0 Å². The van der Waals surface area contributed by atoms with Crippen molar-refractivity contribution in [2.75, 3.05) is 5.34 Å². The van der Waals surface area contributed by atoms with Crippen LogP contribution in [0.2, 0.25) is 0 Å². The zero-order valence-corrected chi connectivity index (χ0v) is 6.32. The third-order valence-corrected chi connectivity index (χ3v) is 0. The minimum Gasteiger partial charge on any atom is -0.109 e. The Morgan fingerprint density at radius 1 is 1.25 bits per heavy atom. The standard InChI is InChI=1S/CH2Cl2.W/c2-1-3;/h1H2;. The molecule has 26 valence electrons. The van der Waals surface area contributed by atoms with Crippen LogP contribution >= 0.6 is 23.2 Å². The number of hydrogen-bond acceptors (Lipinski definition) is 0. The van der Waals surface area contributed by atoms with Crippen LogP contribution in [0.4, 0.5) is 0 Å². The van der Waals surface area contributed by atoms with Crippen LogP contribution in [0, 0.1) is 0 Å². The van der Waals surface area contributed by atoms with Crippen LogP contribution in [0.5, 0.6) is 0 Å². The summed E-state index contributed by atoms with van der Waals surface area (Å²) in [4.78, 5) is 0. The Hall–Kier alpha value is 1.27. The van der Waals surface area contributed by atoms with E-state index in [2.05, 4.69) is 0 Å². The molecule has 0 fully saturated rings. The first kappa shape index (κ1) is 8.99. The second-order valence-electron chi connectivity index (χ2n) is 0.101. The van der Waals surface area contributed by atoms with E-state index >= 15 is 0 Å². The van der Waals surface area contributed by atoms with E-state index in [1.807, 2.05) is 0 Å². The molecule has 0 nitrogen and oxygen atoms in total. The molecular weight excluding hydrogens is 267 g/mol. The molecule has 0 saturated heterocycles. The fourth-order valence-corrected chi connectivity index (χ4v) is 0. The second-order valence-corrected chi connectivity index (χ2v) is 0.909. The summed E-state index contributed by atoms with van der Waals surface area (Å²) < 4.78 is 0. The van der Waals surface area contributed by atoms with Crippen molar-refractivity contribution < 1.29 is 21.1 Å². The summed E-state index contributed by atoms with van der Waals surface area (Å²) in [5.74, 6) is 0. The summed E-state index contributed by atoms with van der Waals surface area (Å²) in [5.41, 5.74) is 0. The van der Waals surface area contributed by atoms with E-state index in [-0.39, 0.29) is 26.4 Å². The van der Waals surface area contributed by atoms with E-state index in [1.54, 1.807) is 0 Å². The van der Waals surface area contributed by atoms with Gasteiger partial charge in [0.05, 0.1) is 5.34 Å². The van der Waals surface area contributed by atoms with E-state index in [0.29, 0.717) is 0 Å². The maximum Gasteiger partial charge on any atom is 0.0967 e. The van der Waals surface area contributed by atoms with Gasteiger partial charge in [-0.2, -0.15) is 0 Å². The van der Waals surface area contributed by atoms with Gasteiger partial charge in [0.25, 0.3) is 0 Å². The van der Waals surface area contributed by atoms with Crippen LogP contribution in [-0.4, -0.2) is 5.34 Å². The van der Waals surface area contributed by atoms with Crippen molar-refractivity contribution in [3.63, 3.8) is 0 Å². The molecule has 0 aliphatic heterocycles. The minimum absolute atomic E-state index is 0. The molecule has 0 atom stereocenters. The summed E-state index contributed by atoms with van der Waals surface area (Å²) in [6, 6.07) is 0. The summed E-state index contributed by atoms with van der Waals surface area (Å²) in [6.07, 6.45) is 0. The van der Waals surface area contributed by atoms with Crippen LogP contribution in [0.3, 0.4) is 0 Å². The average molecular weight is 269 g/mol. The van der Waals surface area contributed by atoms with Gasteiger partial charge in [0, 0.05) is 21.1 Å². The van der Waals surface area contributed by atoms with Gasteiger partial charge in [-0.15, -0.1) is 23.2 Å². The Morgan fingerprint density at radius 2 is 1.25 bits per heavy atom. The Kier molecular flexibility index (Phi) is 19.9. The summed E-state index contributed by atoms with van der Waals surface area (Å²) in [5, 5.41) is 0.194. The van der Waals surface area contributed by atoms with E-state index in [9.17, 15) is 0 Å². The molecule has 0 rings (SSSR count). The Morgan fingerprint density at radius 3 is 1.25 bits per heavy atom. The predicted molar refractivity (Wildman–Crippen MR) is 16.6 cm³/mol. The molecule has 0 aromatic heterocycles. The summed E-state index contributed by atoms with van der Waals surface area (Å²) in [6.45, 7) is 0. The molecule has 0 aliphatic rings. The van der Waals surface area contributed by atoms with Crippen LogP contribution in [0.15, 0.2) is 0 Å². The van der Waals surface area contributed by atoms with E-state index in [1.165, 1.54) is 0 Å². The molecule has 0 aromatic rings. The van der Waals surface area contributed by atoms with Crippen molar-refractivity contribution in [1.29, 1.82) is 0 Å². The first-order chi connectivity index (χ1) is 1.41. The molecule has 0 radical (unpaired) electrons. The largest absolute Gasteiger partial charge is 0.109 e. The molecule has 4 heavy (non-hydrogen) atoms. The van der Waals surface area contributed by atoms with Crippen LogP contribution < -0.4 is 0 Å². The molecule has 0 saturated carbocycles. The van der Waals surface area contributed by atoms with Gasteiger partial charge in [0.15, 0.2) is 0 Å². The topological polar surface area (TPSA) is 0 Å². The Bertz CT molecular complexity index is 6.00. The summed E-state index contributed by atoms with van der Waals surface area (Å²) in [7, 11) is 0. The van der Waals surface area contributed by atoms with E-state index in [4.69, 9.17) is 23.2 Å². The fourth-order valence-electron chi connectivity index (χ4n) is 0. The van der Waals surface area contributed by atoms with Crippen LogP contribution in [0.25, 0.3) is 0 Å². The Labute approximate surface area is 49.7 Å². The van der Waals surface area contributed by atoms with Crippen molar-refractivity contribution >= 4 is 23.2 Å².